The Bertz CT molecular complexity index is 836. The SMILES string of the molecule is COC(=O)c1ccc(N(CCOc2cccc(Br)c2)S(C)(=O)=O)cc1. The number of halogens is 1. The molecule has 0 N–H and O–H groups in total. The Labute approximate surface area is 155 Å². The molecular formula is C17H18BrNO5S. The van der Waals surface area contributed by atoms with E-state index in [1.54, 1.807) is 24.3 Å². The van der Waals surface area contributed by atoms with Crippen LogP contribution in [0.2, 0.25) is 0 Å². The van der Waals surface area contributed by atoms with Crippen LogP contribution in [0.25, 0.3) is 0 Å². The molecule has 0 aromatic heterocycles. The number of hydrogen-bond acceptors (Lipinski definition) is 5. The largest absolute Gasteiger partial charge is 0.492 e. The second-order valence-electron chi connectivity index (χ2n) is 5.18. The van der Waals surface area contributed by atoms with E-state index in [1.807, 2.05) is 12.1 Å². The van der Waals surface area contributed by atoms with Crippen molar-refractivity contribution in [2.45, 2.75) is 0 Å². The van der Waals surface area contributed by atoms with Crippen molar-refractivity contribution in [2.75, 3.05) is 30.8 Å². The molecule has 0 heterocycles. The van der Waals surface area contributed by atoms with Gasteiger partial charge in [-0.05, 0) is 42.5 Å². The zero-order valence-corrected chi connectivity index (χ0v) is 16.2. The zero-order valence-electron chi connectivity index (χ0n) is 13.8. The van der Waals surface area contributed by atoms with Gasteiger partial charge in [0.25, 0.3) is 0 Å². The van der Waals surface area contributed by atoms with Gasteiger partial charge in [0.2, 0.25) is 10.0 Å². The van der Waals surface area contributed by atoms with Crippen LogP contribution < -0.4 is 9.04 Å². The lowest BCUT2D eigenvalue weighted by molar-refractivity contribution is 0.0600. The van der Waals surface area contributed by atoms with Gasteiger partial charge in [-0.2, -0.15) is 0 Å². The second kappa shape index (κ2) is 8.35. The van der Waals surface area contributed by atoms with Crippen LogP contribution in [0.5, 0.6) is 5.75 Å². The van der Waals surface area contributed by atoms with Crippen molar-refractivity contribution in [3.63, 3.8) is 0 Å². The van der Waals surface area contributed by atoms with Gasteiger partial charge in [-0.25, -0.2) is 13.2 Å². The molecular weight excluding hydrogens is 410 g/mol. The van der Waals surface area contributed by atoms with Crippen molar-refractivity contribution in [3.8, 4) is 5.75 Å². The van der Waals surface area contributed by atoms with Gasteiger partial charge in [-0.15, -0.1) is 0 Å². The lowest BCUT2D eigenvalue weighted by Gasteiger charge is -2.22. The third-order valence-electron chi connectivity index (χ3n) is 3.34. The standard InChI is InChI=1S/C17H18BrNO5S/c1-23-17(20)13-6-8-15(9-7-13)19(25(2,21)22)10-11-24-16-5-3-4-14(18)12-16/h3-9,12H,10-11H2,1-2H3. The van der Waals surface area contributed by atoms with Crippen LogP contribution in [0.4, 0.5) is 5.69 Å². The Morgan fingerprint density at radius 2 is 1.84 bits per heavy atom. The third kappa shape index (κ3) is 5.47. The monoisotopic (exact) mass is 427 g/mol. The minimum Gasteiger partial charge on any atom is -0.492 e. The maximum Gasteiger partial charge on any atom is 0.337 e. The molecule has 0 aliphatic heterocycles. The number of methoxy groups -OCH3 is 1. The summed E-state index contributed by atoms with van der Waals surface area (Å²) in [5, 5.41) is 0. The number of sulfonamides is 1. The summed E-state index contributed by atoms with van der Waals surface area (Å²) in [6.45, 7) is 0.325. The summed E-state index contributed by atoms with van der Waals surface area (Å²) in [7, 11) is -2.20. The summed E-state index contributed by atoms with van der Waals surface area (Å²) in [6, 6.07) is 13.5. The minimum absolute atomic E-state index is 0.142. The van der Waals surface area contributed by atoms with E-state index in [-0.39, 0.29) is 13.2 Å². The number of rotatable bonds is 7. The fourth-order valence-corrected chi connectivity index (χ4v) is 3.46. The van der Waals surface area contributed by atoms with Crippen molar-refractivity contribution in [1.82, 2.24) is 0 Å². The number of carbonyl (C=O) groups excluding carboxylic acids is 1. The molecule has 134 valence electrons. The molecule has 0 amide bonds. The first-order valence-electron chi connectivity index (χ1n) is 7.36. The van der Waals surface area contributed by atoms with Crippen LogP contribution in [0.3, 0.4) is 0 Å². The Hall–Kier alpha value is -2.06. The van der Waals surface area contributed by atoms with Crippen LogP contribution in [0.15, 0.2) is 53.0 Å². The first kappa shape index (κ1) is 19.3. The average molecular weight is 428 g/mol. The number of ether oxygens (including phenoxy) is 2. The van der Waals surface area contributed by atoms with Crippen molar-refractivity contribution in [1.29, 1.82) is 0 Å². The van der Waals surface area contributed by atoms with Gasteiger partial charge in [0.15, 0.2) is 0 Å². The van der Waals surface area contributed by atoms with Gasteiger partial charge < -0.3 is 9.47 Å². The van der Waals surface area contributed by atoms with E-state index in [1.165, 1.54) is 23.5 Å². The van der Waals surface area contributed by atoms with Gasteiger partial charge in [0.1, 0.15) is 12.4 Å². The number of esters is 1. The van der Waals surface area contributed by atoms with E-state index < -0.39 is 16.0 Å². The average Bonchev–Trinajstić information content (AvgIpc) is 2.57. The van der Waals surface area contributed by atoms with Crippen LogP contribution >= 0.6 is 15.9 Å². The summed E-state index contributed by atoms with van der Waals surface area (Å²) in [5.74, 6) is 0.166. The summed E-state index contributed by atoms with van der Waals surface area (Å²) in [4.78, 5) is 11.5. The number of anilines is 1. The number of hydrogen-bond donors (Lipinski definition) is 0. The molecule has 0 radical (unpaired) electrons. The molecule has 0 aliphatic carbocycles. The number of benzene rings is 2. The Morgan fingerprint density at radius 3 is 2.40 bits per heavy atom. The molecule has 8 heteroatoms. The van der Waals surface area contributed by atoms with Crippen molar-refractivity contribution in [3.05, 3.63) is 58.6 Å². The molecule has 0 atom stereocenters. The van der Waals surface area contributed by atoms with Gasteiger partial charge in [0.05, 0.1) is 31.2 Å². The molecule has 2 aromatic rings. The molecule has 0 unspecified atom stereocenters. The van der Waals surface area contributed by atoms with Crippen molar-refractivity contribution < 1.29 is 22.7 Å². The fraction of sp³-hybridized carbons (Fsp3) is 0.235. The molecule has 2 rings (SSSR count). The van der Waals surface area contributed by atoms with Crippen molar-refractivity contribution in [2.24, 2.45) is 0 Å². The van der Waals surface area contributed by atoms with Crippen LogP contribution in [0, 0.1) is 0 Å². The molecule has 0 aliphatic rings. The highest BCUT2D eigenvalue weighted by Crippen LogP contribution is 2.20. The van der Waals surface area contributed by atoms with E-state index in [0.717, 1.165) is 10.7 Å². The first-order valence-corrected chi connectivity index (χ1v) is 10.00. The van der Waals surface area contributed by atoms with Gasteiger partial charge >= 0.3 is 5.97 Å². The smallest absolute Gasteiger partial charge is 0.337 e. The summed E-state index contributed by atoms with van der Waals surface area (Å²) in [6.07, 6.45) is 1.13. The predicted molar refractivity (Wildman–Crippen MR) is 99.6 cm³/mol. The molecule has 6 nitrogen and oxygen atoms in total. The highest BCUT2D eigenvalue weighted by atomic mass is 79.9. The Balaban J connectivity index is 2.10. The van der Waals surface area contributed by atoms with E-state index in [0.29, 0.717) is 17.0 Å². The predicted octanol–water partition coefficient (Wildman–Crippen LogP) is 3.08. The molecule has 0 saturated heterocycles. The Kier molecular flexibility index (Phi) is 6.44. The summed E-state index contributed by atoms with van der Waals surface area (Å²) >= 11 is 3.35. The van der Waals surface area contributed by atoms with Gasteiger partial charge in [-0.3, -0.25) is 4.31 Å². The van der Waals surface area contributed by atoms with Crippen molar-refractivity contribution >= 4 is 37.6 Å². The molecule has 0 spiro atoms. The van der Waals surface area contributed by atoms with E-state index in [2.05, 4.69) is 20.7 Å². The zero-order chi connectivity index (χ0) is 18.4. The fourth-order valence-electron chi connectivity index (χ4n) is 2.17. The maximum atomic E-state index is 12.1. The van der Waals surface area contributed by atoms with E-state index >= 15 is 0 Å². The van der Waals surface area contributed by atoms with E-state index in [4.69, 9.17) is 4.74 Å². The third-order valence-corrected chi connectivity index (χ3v) is 5.02. The second-order valence-corrected chi connectivity index (χ2v) is 8.00. The molecule has 25 heavy (non-hydrogen) atoms. The summed E-state index contributed by atoms with van der Waals surface area (Å²) < 4.78 is 36.5. The quantitative estimate of drug-likeness (QED) is 0.634. The normalized spacial score (nSPS) is 11.0. The van der Waals surface area contributed by atoms with Gasteiger partial charge in [-0.1, -0.05) is 22.0 Å². The van der Waals surface area contributed by atoms with Crippen LogP contribution in [-0.4, -0.2) is 40.9 Å². The lowest BCUT2D eigenvalue weighted by atomic mass is 10.2. The molecule has 0 saturated carbocycles. The first-order chi connectivity index (χ1) is 11.8. The topological polar surface area (TPSA) is 72.9 Å². The molecule has 2 aromatic carbocycles. The minimum atomic E-state index is -3.49. The van der Waals surface area contributed by atoms with Crippen LogP contribution in [0.1, 0.15) is 10.4 Å². The number of nitrogens with zero attached hydrogens (tertiary/aromatic N) is 1. The molecule has 0 bridgehead atoms. The number of carbonyl (C=O) groups is 1. The molecule has 0 fully saturated rings. The summed E-state index contributed by atoms with van der Waals surface area (Å²) in [5.41, 5.74) is 0.804. The highest BCUT2D eigenvalue weighted by molar-refractivity contribution is 9.10. The lowest BCUT2D eigenvalue weighted by Crippen LogP contribution is -2.33. The highest BCUT2D eigenvalue weighted by Gasteiger charge is 2.18. The van der Waals surface area contributed by atoms with E-state index in [9.17, 15) is 13.2 Å². The maximum absolute atomic E-state index is 12.1. The van der Waals surface area contributed by atoms with Gasteiger partial charge in [0, 0.05) is 4.47 Å². The Morgan fingerprint density at radius 1 is 1.16 bits per heavy atom. The van der Waals surface area contributed by atoms with Crippen LogP contribution in [-0.2, 0) is 14.8 Å².